The number of hydrogen-bond acceptors (Lipinski definition) is 0. The zero-order valence-corrected chi connectivity index (χ0v) is 9.77. The van der Waals surface area contributed by atoms with E-state index >= 15 is 0 Å². The maximum absolute atomic E-state index is 2.50. The SMILES string of the molecule is C/C=C\C1=C(C)CC[C@]2(C)CCC[C@@H]12. The van der Waals surface area contributed by atoms with Gasteiger partial charge in [0.15, 0.2) is 0 Å². The van der Waals surface area contributed by atoms with Crippen LogP contribution in [0.25, 0.3) is 0 Å². The Kier molecular flexibility index (Phi) is 2.55. The molecule has 0 N–H and O–H groups in total. The molecule has 78 valence electrons. The van der Waals surface area contributed by atoms with Crippen molar-refractivity contribution >= 4 is 0 Å². The number of allylic oxidation sites excluding steroid dienone is 4. The molecule has 0 heteroatoms. The van der Waals surface area contributed by atoms with Crippen LogP contribution in [0.1, 0.15) is 52.9 Å². The second kappa shape index (κ2) is 3.56. The van der Waals surface area contributed by atoms with Crippen LogP contribution in [0, 0.1) is 11.3 Å². The molecule has 2 atom stereocenters. The first-order valence-electron chi connectivity index (χ1n) is 6.00. The Hall–Kier alpha value is -0.520. The summed E-state index contributed by atoms with van der Waals surface area (Å²) in [6.45, 7) is 6.97. The van der Waals surface area contributed by atoms with E-state index in [9.17, 15) is 0 Å². The van der Waals surface area contributed by atoms with Crippen LogP contribution in [-0.4, -0.2) is 0 Å². The van der Waals surface area contributed by atoms with Crippen molar-refractivity contribution in [3.8, 4) is 0 Å². The Morgan fingerprint density at radius 1 is 1.36 bits per heavy atom. The fourth-order valence-corrected chi connectivity index (χ4v) is 3.42. The van der Waals surface area contributed by atoms with Crippen LogP contribution in [0.3, 0.4) is 0 Å². The monoisotopic (exact) mass is 190 g/mol. The van der Waals surface area contributed by atoms with Gasteiger partial charge in [0.05, 0.1) is 0 Å². The first kappa shape index (κ1) is 10.0. The molecule has 14 heavy (non-hydrogen) atoms. The van der Waals surface area contributed by atoms with Crippen molar-refractivity contribution in [2.75, 3.05) is 0 Å². The van der Waals surface area contributed by atoms with Crippen molar-refractivity contribution in [3.63, 3.8) is 0 Å². The minimum atomic E-state index is 0.633. The van der Waals surface area contributed by atoms with Gasteiger partial charge in [0, 0.05) is 0 Å². The normalized spacial score (nSPS) is 38.1. The maximum Gasteiger partial charge on any atom is -0.0109 e. The second-order valence-electron chi connectivity index (χ2n) is 5.33. The standard InChI is InChI=1S/C14H22/c1-4-6-12-11(2)8-10-14(3)9-5-7-13(12)14/h4,6,13H,5,7-10H2,1-3H3/b6-4-/t13-,14-/m0/s1. The fourth-order valence-electron chi connectivity index (χ4n) is 3.42. The third-order valence-corrected chi connectivity index (χ3v) is 4.37. The molecule has 0 unspecified atom stereocenters. The Labute approximate surface area is 88.1 Å². The predicted octanol–water partition coefficient (Wildman–Crippen LogP) is 4.48. The van der Waals surface area contributed by atoms with Gasteiger partial charge >= 0.3 is 0 Å². The summed E-state index contributed by atoms with van der Waals surface area (Å²) in [5.74, 6) is 0.868. The van der Waals surface area contributed by atoms with E-state index in [2.05, 4.69) is 32.9 Å². The zero-order valence-electron chi connectivity index (χ0n) is 9.77. The van der Waals surface area contributed by atoms with Crippen LogP contribution in [0.5, 0.6) is 0 Å². The van der Waals surface area contributed by atoms with E-state index < -0.39 is 0 Å². The van der Waals surface area contributed by atoms with E-state index in [1.165, 1.54) is 32.1 Å². The van der Waals surface area contributed by atoms with Crippen molar-refractivity contribution in [1.82, 2.24) is 0 Å². The molecular formula is C14H22. The zero-order chi connectivity index (χ0) is 10.2. The van der Waals surface area contributed by atoms with Gasteiger partial charge in [-0.15, -0.1) is 0 Å². The van der Waals surface area contributed by atoms with Gasteiger partial charge in [-0.25, -0.2) is 0 Å². The first-order chi connectivity index (χ1) is 6.67. The fraction of sp³-hybridized carbons (Fsp3) is 0.714. The molecule has 0 aromatic carbocycles. The van der Waals surface area contributed by atoms with Gasteiger partial charge in [0.2, 0.25) is 0 Å². The Balaban J connectivity index is 2.35. The average molecular weight is 190 g/mol. The highest BCUT2D eigenvalue weighted by Crippen LogP contribution is 2.54. The van der Waals surface area contributed by atoms with E-state index in [0.717, 1.165) is 5.92 Å². The summed E-state index contributed by atoms with van der Waals surface area (Å²) in [5.41, 5.74) is 3.94. The van der Waals surface area contributed by atoms with Gasteiger partial charge in [-0.3, -0.25) is 0 Å². The minimum absolute atomic E-state index is 0.633. The lowest BCUT2D eigenvalue weighted by molar-refractivity contribution is 0.226. The molecule has 2 aliphatic carbocycles. The topological polar surface area (TPSA) is 0 Å². The van der Waals surface area contributed by atoms with Gasteiger partial charge in [0.25, 0.3) is 0 Å². The minimum Gasteiger partial charge on any atom is -0.0874 e. The highest BCUT2D eigenvalue weighted by Gasteiger charge is 2.42. The van der Waals surface area contributed by atoms with Gasteiger partial charge in [-0.2, -0.15) is 0 Å². The van der Waals surface area contributed by atoms with Crippen LogP contribution < -0.4 is 0 Å². The molecule has 1 fully saturated rings. The van der Waals surface area contributed by atoms with Gasteiger partial charge in [-0.1, -0.05) is 31.1 Å². The number of rotatable bonds is 1. The summed E-state index contributed by atoms with van der Waals surface area (Å²) < 4.78 is 0. The molecule has 0 saturated heterocycles. The molecule has 0 radical (unpaired) electrons. The highest BCUT2D eigenvalue weighted by molar-refractivity contribution is 5.32. The van der Waals surface area contributed by atoms with Crippen LogP contribution in [0.4, 0.5) is 0 Å². The van der Waals surface area contributed by atoms with Gasteiger partial charge in [-0.05, 0) is 56.4 Å². The van der Waals surface area contributed by atoms with E-state index in [1.807, 2.05) is 0 Å². The number of fused-ring (bicyclic) bond motifs is 1. The molecule has 2 aliphatic rings. The lowest BCUT2D eigenvalue weighted by Gasteiger charge is -2.38. The quantitative estimate of drug-likeness (QED) is 0.572. The first-order valence-corrected chi connectivity index (χ1v) is 6.00. The lowest BCUT2D eigenvalue weighted by Crippen LogP contribution is -2.27. The molecule has 0 amide bonds. The van der Waals surface area contributed by atoms with E-state index in [0.29, 0.717) is 5.41 Å². The number of hydrogen-bond donors (Lipinski definition) is 0. The summed E-state index contributed by atoms with van der Waals surface area (Å²) in [5, 5.41) is 0. The molecule has 0 aromatic heterocycles. The summed E-state index contributed by atoms with van der Waals surface area (Å²) in [6, 6.07) is 0. The van der Waals surface area contributed by atoms with Crippen LogP contribution in [-0.2, 0) is 0 Å². The smallest absolute Gasteiger partial charge is 0.0109 e. The van der Waals surface area contributed by atoms with E-state index in [-0.39, 0.29) is 0 Å². The summed E-state index contributed by atoms with van der Waals surface area (Å²) in [6.07, 6.45) is 11.6. The average Bonchev–Trinajstić information content (AvgIpc) is 2.54. The van der Waals surface area contributed by atoms with Crippen molar-refractivity contribution in [3.05, 3.63) is 23.3 Å². The molecule has 0 heterocycles. The Bertz CT molecular complexity index is 282. The summed E-state index contributed by atoms with van der Waals surface area (Å²) in [4.78, 5) is 0. The van der Waals surface area contributed by atoms with Crippen molar-refractivity contribution in [2.45, 2.75) is 52.9 Å². The van der Waals surface area contributed by atoms with Gasteiger partial charge < -0.3 is 0 Å². The predicted molar refractivity (Wildman–Crippen MR) is 62.2 cm³/mol. The van der Waals surface area contributed by atoms with E-state index in [1.54, 1.807) is 11.1 Å². The maximum atomic E-state index is 2.50. The highest BCUT2D eigenvalue weighted by atomic mass is 14.5. The Morgan fingerprint density at radius 3 is 2.86 bits per heavy atom. The third-order valence-electron chi connectivity index (χ3n) is 4.37. The van der Waals surface area contributed by atoms with Crippen LogP contribution in [0.15, 0.2) is 23.3 Å². The summed E-state index contributed by atoms with van der Waals surface area (Å²) >= 11 is 0. The Morgan fingerprint density at radius 2 is 2.14 bits per heavy atom. The van der Waals surface area contributed by atoms with Crippen LogP contribution >= 0.6 is 0 Å². The third kappa shape index (κ3) is 1.45. The molecule has 0 spiro atoms. The largest absolute Gasteiger partial charge is 0.0874 e. The van der Waals surface area contributed by atoms with E-state index in [4.69, 9.17) is 0 Å². The lowest BCUT2D eigenvalue weighted by atomic mass is 9.67. The molecule has 0 nitrogen and oxygen atoms in total. The van der Waals surface area contributed by atoms with Crippen molar-refractivity contribution < 1.29 is 0 Å². The van der Waals surface area contributed by atoms with Crippen molar-refractivity contribution in [2.24, 2.45) is 11.3 Å². The van der Waals surface area contributed by atoms with Crippen LogP contribution in [0.2, 0.25) is 0 Å². The molecule has 0 bridgehead atoms. The summed E-state index contributed by atoms with van der Waals surface area (Å²) in [7, 11) is 0. The molecule has 1 saturated carbocycles. The van der Waals surface area contributed by atoms with Crippen molar-refractivity contribution in [1.29, 1.82) is 0 Å². The second-order valence-corrected chi connectivity index (χ2v) is 5.33. The van der Waals surface area contributed by atoms with Gasteiger partial charge in [0.1, 0.15) is 0 Å². The molecule has 2 rings (SSSR count). The molecule has 0 aromatic rings. The molecular weight excluding hydrogens is 168 g/mol. The molecule has 0 aliphatic heterocycles.